The molecule has 0 aliphatic heterocycles. The van der Waals surface area contributed by atoms with Gasteiger partial charge in [-0.2, -0.15) is 0 Å². The molecule has 0 saturated carbocycles. The van der Waals surface area contributed by atoms with Crippen molar-refractivity contribution in [1.82, 2.24) is 0 Å². The molecule has 0 bridgehead atoms. The van der Waals surface area contributed by atoms with Gasteiger partial charge in [0.15, 0.2) is 0 Å². The molecule has 0 aliphatic carbocycles. The molecule has 0 saturated heterocycles. The molecule has 0 spiro atoms. The van der Waals surface area contributed by atoms with Gasteiger partial charge in [0.1, 0.15) is 23.7 Å². The number of carbonyl (C=O) groups is 1. The van der Waals surface area contributed by atoms with Gasteiger partial charge in [-0.1, -0.05) is 23.2 Å². The first-order valence-corrected chi connectivity index (χ1v) is 7.11. The third kappa shape index (κ3) is 4.19. The maximum Gasteiger partial charge on any atom is 0.339 e. The number of phenols is 1. The van der Waals surface area contributed by atoms with E-state index in [2.05, 4.69) is 5.32 Å². The summed E-state index contributed by atoms with van der Waals surface area (Å²) in [6.07, 6.45) is 0. The third-order valence-electron chi connectivity index (χ3n) is 2.82. The molecule has 0 radical (unpaired) electrons. The Hall–Kier alpha value is -2.11. The Labute approximate surface area is 137 Å². The van der Waals surface area contributed by atoms with Gasteiger partial charge < -0.3 is 20.3 Å². The van der Waals surface area contributed by atoms with Crippen LogP contribution in [-0.4, -0.2) is 29.3 Å². The van der Waals surface area contributed by atoms with Crippen LogP contribution in [-0.2, 0) is 0 Å². The fourth-order valence-electron chi connectivity index (χ4n) is 1.75. The van der Waals surface area contributed by atoms with Crippen molar-refractivity contribution in [3.63, 3.8) is 0 Å². The van der Waals surface area contributed by atoms with Crippen molar-refractivity contribution in [2.45, 2.75) is 0 Å². The van der Waals surface area contributed by atoms with Crippen LogP contribution in [0.4, 0.5) is 5.69 Å². The largest absolute Gasteiger partial charge is 0.507 e. The lowest BCUT2D eigenvalue weighted by Crippen LogP contribution is -2.12. The fourth-order valence-corrected chi connectivity index (χ4v) is 2.04. The molecular weight excluding hydrogens is 329 g/mol. The Morgan fingerprint density at radius 3 is 2.59 bits per heavy atom. The average molecular weight is 342 g/mol. The summed E-state index contributed by atoms with van der Waals surface area (Å²) in [4.78, 5) is 10.9. The maximum atomic E-state index is 10.9. The van der Waals surface area contributed by atoms with Gasteiger partial charge >= 0.3 is 5.97 Å². The maximum absolute atomic E-state index is 10.9. The highest BCUT2D eigenvalue weighted by atomic mass is 35.5. The van der Waals surface area contributed by atoms with Crippen molar-refractivity contribution >= 4 is 34.9 Å². The van der Waals surface area contributed by atoms with Crippen LogP contribution in [0.1, 0.15) is 10.4 Å². The number of aromatic hydroxyl groups is 1. The second-order valence-corrected chi connectivity index (χ2v) is 5.20. The van der Waals surface area contributed by atoms with E-state index in [9.17, 15) is 9.90 Å². The van der Waals surface area contributed by atoms with Crippen LogP contribution in [0, 0.1) is 0 Å². The quantitative estimate of drug-likeness (QED) is 0.548. The molecule has 0 heterocycles. The van der Waals surface area contributed by atoms with E-state index in [-0.39, 0.29) is 11.3 Å². The molecule has 0 amide bonds. The van der Waals surface area contributed by atoms with Gasteiger partial charge in [-0.3, -0.25) is 0 Å². The minimum Gasteiger partial charge on any atom is -0.507 e. The molecule has 0 aromatic heterocycles. The zero-order valence-electron chi connectivity index (χ0n) is 11.3. The minimum atomic E-state index is -1.19. The SMILES string of the molecule is O=C(O)c1cc(NCCOc2ccc(Cl)c(Cl)c2)ccc1O. The number of ether oxygens (including phenoxy) is 1. The molecule has 7 heteroatoms. The molecule has 2 aromatic carbocycles. The topological polar surface area (TPSA) is 78.8 Å². The van der Waals surface area contributed by atoms with Crippen LogP contribution in [0.15, 0.2) is 36.4 Å². The summed E-state index contributed by atoms with van der Waals surface area (Å²) in [7, 11) is 0. The molecule has 0 aliphatic rings. The Balaban J connectivity index is 1.87. The van der Waals surface area contributed by atoms with Crippen molar-refractivity contribution in [2.75, 3.05) is 18.5 Å². The van der Waals surface area contributed by atoms with Gasteiger partial charge in [0.2, 0.25) is 0 Å². The number of hydrogen-bond donors (Lipinski definition) is 3. The number of carboxylic acids is 1. The van der Waals surface area contributed by atoms with Crippen molar-refractivity contribution in [3.8, 4) is 11.5 Å². The highest BCUT2D eigenvalue weighted by molar-refractivity contribution is 6.42. The van der Waals surface area contributed by atoms with E-state index in [1.165, 1.54) is 12.1 Å². The Morgan fingerprint density at radius 1 is 1.14 bits per heavy atom. The monoisotopic (exact) mass is 341 g/mol. The van der Waals surface area contributed by atoms with Gasteiger partial charge in [-0.25, -0.2) is 4.79 Å². The number of rotatable bonds is 6. The number of aromatic carboxylic acids is 1. The number of nitrogens with one attached hydrogen (secondary N) is 1. The third-order valence-corrected chi connectivity index (χ3v) is 3.56. The number of benzene rings is 2. The van der Waals surface area contributed by atoms with Crippen molar-refractivity contribution in [1.29, 1.82) is 0 Å². The van der Waals surface area contributed by atoms with E-state index in [0.717, 1.165) is 0 Å². The van der Waals surface area contributed by atoms with Crippen LogP contribution >= 0.6 is 23.2 Å². The summed E-state index contributed by atoms with van der Waals surface area (Å²) in [5.74, 6) is -0.869. The lowest BCUT2D eigenvalue weighted by Gasteiger charge is -2.10. The van der Waals surface area contributed by atoms with Crippen LogP contribution in [0.5, 0.6) is 11.5 Å². The summed E-state index contributed by atoms with van der Waals surface area (Å²) >= 11 is 11.7. The van der Waals surface area contributed by atoms with Crippen LogP contribution in [0.25, 0.3) is 0 Å². The summed E-state index contributed by atoms with van der Waals surface area (Å²) in [6.45, 7) is 0.797. The zero-order valence-corrected chi connectivity index (χ0v) is 12.9. The average Bonchev–Trinajstić information content (AvgIpc) is 2.48. The van der Waals surface area contributed by atoms with Gasteiger partial charge in [-0.15, -0.1) is 0 Å². The normalized spacial score (nSPS) is 10.3. The van der Waals surface area contributed by atoms with Crippen LogP contribution in [0.2, 0.25) is 10.0 Å². The molecule has 2 rings (SSSR count). The molecule has 22 heavy (non-hydrogen) atoms. The van der Waals surface area contributed by atoms with E-state index in [1.807, 2.05) is 0 Å². The van der Waals surface area contributed by atoms with Gasteiger partial charge in [0.25, 0.3) is 0 Å². The van der Waals surface area contributed by atoms with Crippen molar-refractivity contribution in [2.24, 2.45) is 0 Å². The molecule has 2 aromatic rings. The second kappa shape index (κ2) is 7.24. The lowest BCUT2D eigenvalue weighted by molar-refractivity contribution is 0.0694. The summed E-state index contributed by atoms with van der Waals surface area (Å²) in [5, 5.41) is 22.2. The summed E-state index contributed by atoms with van der Waals surface area (Å²) in [5.41, 5.74) is 0.420. The predicted octanol–water partition coefficient (Wildman–Crippen LogP) is 3.89. The highest BCUT2D eigenvalue weighted by Crippen LogP contribution is 2.26. The second-order valence-electron chi connectivity index (χ2n) is 4.39. The first kappa shape index (κ1) is 16.3. The van der Waals surface area contributed by atoms with Crippen LogP contribution < -0.4 is 10.1 Å². The summed E-state index contributed by atoms with van der Waals surface area (Å²) in [6, 6.07) is 9.24. The smallest absolute Gasteiger partial charge is 0.339 e. The molecule has 0 unspecified atom stereocenters. The van der Waals surface area contributed by atoms with E-state index < -0.39 is 5.97 Å². The summed E-state index contributed by atoms with van der Waals surface area (Å²) < 4.78 is 5.49. The van der Waals surface area contributed by atoms with Crippen molar-refractivity contribution < 1.29 is 19.7 Å². The van der Waals surface area contributed by atoms with Crippen molar-refractivity contribution in [3.05, 3.63) is 52.0 Å². The van der Waals surface area contributed by atoms with E-state index in [1.54, 1.807) is 24.3 Å². The van der Waals surface area contributed by atoms with E-state index >= 15 is 0 Å². The lowest BCUT2D eigenvalue weighted by atomic mass is 10.2. The first-order valence-electron chi connectivity index (χ1n) is 6.35. The number of anilines is 1. The first-order chi connectivity index (χ1) is 10.5. The Kier molecular flexibility index (Phi) is 5.35. The molecule has 3 N–H and O–H groups in total. The zero-order chi connectivity index (χ0) is 16.1. The molecule has 0 fully saturated rings. The molecule has 116 valence electrons. The molecule has 0 atom stereocenters. The van der Waals surface area contributed by atoms with Gasteiger partial charge in [0.05, 0.1) is 10.0 Å². The number of hydrogen-bond acceptors (Lipinski definition) is 4. The highest BCUT2D eigenvalue weighted by Gasteiger charge is 2.09. The Bertz CT molecular complexity index is 691. The standard InChI is InChI=1S/C15H13Cl2NO4/c16-12-3-2-10(8-13(12)17)22-6-5-18-9-1-4-14(19)11(7-9)15(20)21/h1-4,7-8,18-19H,5-6H2,(H,20,21). The van der Waals surface area contributed by atoms with Gasteiger partial charge in [-0.05, 0) is 30.3 Å². The number of carboxylic acid groups (broad SMARTS) is 1. The molecular formula is C15H13Cl2NO4. The molecule has 5 nitrogen and oxygen atoms in total. The number of halogens is 2. The fraction of sp³-hybridized carbons (Fsp3) is 0.133. The van der Waals surface area contributed by atoms with E-state index in [4.69, 9.17) is 33.0 Å². The van der Waals surface area contributed by atoms with Gasteiger partial charge in [0, 0.05) is 18.3 Å². The van der Waals surface area contributed by atoms with E-state index in [0.29, 0.717) is 34.6 Å². The van der Waals surface area contributed by atoms with Crippen LogP contribution in [0.3, 0.4) is 0 Å². The Morgan fingerprint density at radius 2 is 1.91 bits per heavy atom. The minimum absolute atomic E-state index is 0.157. The predicted molar refractivity (Wildman–Crippen MR) is 85.5 cm³/mol.